The summed E-state index contributed by atoms with van der Waals surface area (Å²) >= 11 is 0. The molecule has 20 heavy (non-hydrogen) atoms. The first-order chi connectivity index (χ1) is 9.63. The quantitative estimate of drug-likeness (QED) is 0.883. The number of hydrogen-bond acceptors (Lipinski definition) is 2. The van der Waals surface area contributed by atoms with Crippen LogP contribution in [-0.2, 0) is 0 Å². The molecule has 2 nitrogen and oxygen atoms in total. The van der Waals surface area contributed by atoms with Crippen molar-refractivity contribution in [2.75, 3.05) is 6.61 Å². The number of para-hydroxylation sites is 1. The molecule has 1 N–H and O–H groups in total. The van der Waals surface area contributed by atoms with Gasteiger partial charge in [0, 0.05) is 5.56 Å². The van der Waals surface area contributed by atoms with E-state index in [9.17, 15) is 5.11 Å². The maximum Gasteiger partial charge on any atom is 0.125 e. The average molecular weight is 270 g/mol. The number of aryl methyl sites for hydroxylation is 2. The molecule has 2 heteroatoms. The summed E-state index contributed by atoms with van der Waals surface area (Å²) in [6.07, 6.45) is 0.302. The smallest absolute Gasteiger partial charge is 0.125 e. The summed E-state index contributed by atoms with van der Waals surface area (Å²) in [6, 6.07) is 13.9. The van der Waals surface area contributed by atoms with E-state index < -0.39 is 6.10 Å². The molecule has 0 aliphatic carbocycles. The van der Waals surface area contributed by atoms with Gasteiger partial charge in [-0.25, -0.2) is 0 Å². The van der Waals surface area contributed by atoms with E-state index in [1.807, 2.05) is 50.2 Å². The third-order valence-electron chi connectivity index (χ3n) is 3.40. The summed E-state index contributed by atoms with van der Waals surface area (Å²) in [7, 11) is 0. The van der Waals surface area contributed by atoms with Crippen molar-refractivity contribution in [2.24, 2.45) is 0 Å². The summed E-state index contributed by atoms with van der Waals surface area (Å²) in [5.41, 5.74) is 4.01. The zero-order valence-electron chi connectivity index (χ0n) is 12.4. The van der Waals surface area contributed by atoms with Gasteiger partial charge in [0.25, 0.3) is 0 Å². The largest absolute Gasteiger partial charge is 0.493 e. The van der Waals surface area contributed by atoms with Gasteiger partial charge in [-0.2, -0.15) is 0 Å². The van der Waals surface area contributed by atoms with Gasteiger partial charge in [0.15, 0.2) is 0 Å². The molecule has 0 saturated heterocycles. The number of aliphatic hydroxyl groups is 1. The first-order valence-electron chi connectivity index (χ1n) is 7.10. The number of rotatable bonds is 5. The molecular weight excluding hydrogens is 248 g/mol. The third-order valence-corrected chi connectivity index (χ3v) is 3.40. The Morgan fingerprint density at radius 2 is 1.80 bits per heavy atom. The predicted molar refractivity (Wildman–Crippen MR) is 82.2 cm³/mol. The van der Waals surface area contributed by atoms with Crippen molar-refractivity contribution in [1.29, 1.82) is 0 Å². The first-order valence-corrected chi connectivity index (χ1v) is 7.10. The Balaban J connectivity index is 2.37. The average Bonchev–Trinajstić information content (AvgIpc) is 2.47. The van der Waals surface area contributed by atoms with E-state index in [1.165, 1.54) is 0 Å². The fraction of sp³-hybridized carbons (Fsp3) is 0.333. The normalized spacial score (nSPS) is 12.2. The van der Waals surface area contributed by atoms with Crippen molar-refractivity contribution in [3.63, 3.8) is 0 Å². The van der Waals surface area contributed by atoms with Crippen LogP contribution in [0.5, 0.6) is 5.75 Å². The zero-order chi connectivity index (χ0) is 14.5. The molecule has 0 aliphatic rings. The van der Waals surface area contributed by atoms with E-state index in [-0.39, 0.29) is 0 Å². The molecule has 1 unspecified atom stereocenters. The van der Waals surface area contributed by atoms with Crippen LogP contribution in [0.2, 0.25) is 0 Å². The second-order valence-corrected chi connectivity index (χ2v) is 5.15. The van der Waals surface area contributed by atoms with Crippen molar-refractivity contribution >= 4 is 0 Å². The molecule has 0 aliphatic heterocycles. The van der Waals surface area contributed by atoms with Crippen LogP contribution in [0, 0.1) is 13.8 Å². The summed E-state index contributed by atoms with van der Waals surface area (Å²) in [5.74, 6) is 0.766. The van der Waals surface area contributed by atoms with Crippen molar-refractivity contribution in [3.8, 4) is 5.75 Å². The Labute approximate surface area is 121 Å². The Kier molecular flexibility index (Phi) is 4.80. The minimum absolute atomic E-state index is 0.650. The lowest BCUT2D eigenvalue weighted by Gasteiger charge is -2.18. The van der Waals surface area contributed by atoms with Gasteiger partial charge in [-0.15, -0.1) is 0 Å². The molecule has 106 valence electrons. The molecule has 0 fully saturated rings. The van der Waals surface area contributed by atoms with Crippen LogP contribution in [0.15, 0.2) is 42.5 Å². The van der Waals surface area contributed by atoms with Gasteiger partial charge in [-0.3, -0.25) is 0 Å². The predicted octanol–water partition coefficient (Wildman–Crippen LogP) is 4.17. The highest BCUT2D eigenvalue weighted by Crippen LogP contribution is 2.32. The van der Waals surface area contributed by atoms with Gasteiger partial charge in [-0.05, 0) is 37.5 Å². The molecule has 0 saturated carbocycles. The van der Waals surface area contributed by atoms with Crippen LogP contribution in [0.25, 0.3) is 0 Å². The van der Waals surface area contributed by atoms with Crippen LogP contribution in [0.3, 0.4) is 0 Å². The zero-order valence-corrected chi connectivity index (χ0v) is 12.4. The SMILES string of the molecule is CCCOc1ccccc1C(O)c1cc(C)ccc1C. The highest BCUT2D eigenvalue weighted by Gasteiger charge is 2.17. The molecule has 0 heterocycles. The molecule has 0 aromatic heterocycles. The topological polar surface area (TPSA) is 29.5 Å². The first kappa shape index (κ1) is 14.6. The highest BCUT2D eigenvalue weighted by molar-refractivity contribution is 5.43. The van der Waals surface area contributed by atoms with Crippen molar-refractivity contribution in [3.05, 3.63) is 64.7 Å². The molecule has 1 atom stereocenters. The molecule has 2 rings (SSSR count). The van der Waals surface area contributed by atoms with E-state index in [1.54, 1.807) is 0 Å². The second-order valence-electron chi connectivity index (χ2n) is 5.15. The lowest BCUT2D eigenvalue weighted by Crippen LogP contribution is -2.06. The summed E-state index contributed by atoms with van der Waals surface area (Å²) in [6.45, 7) is 6.79. The van der Waals surface area contributed by atoms with Gasteiger partial charge in [-0.1, -0.05) is 48.9 Å². The Morgan fingerprint density at radius 1 is 1.05 bits per heavy atom. The van der Waals surface area contributed by atoms with E-state index in [4.69, 9.17) is 4.74 Å². The van der Waals surface area contributed by atoms with Crippen LogP contribution in [0.4, 0.5) is 0 Å². The molecule has 0 spiro atoms. The van der Waals surface area contributed by atoms with Crippen molar-refractivity contribution in [1.82, 2.24) is 0 Å². The monoisotopic (exact) mass is 270 g/mol. The van der Waals surface area contributed by atoms with Gasteiger partial charge in [0.2, 0.25) is 0 Å². The molecule has 0 radical (unpaired) electrons. The fourth-order valence-electron chi connectivity index (χ4n) is 2.27. The molecule has 0 bridgehead atoms. The molecular formula is C18H22O2. The fourth-order valence-corrected chi connectivity index (χ4v) is 2.27. The number of hydrogen-bond donors (Lipinski definition) is 1. The number of benzene rings is 2. The van der Waals surface area contributed by atoms with Crippen LogP contribution in [-0.4, -0.2) is 11.7 Å². The second kappa shape index (κ2) is 6.58. The van der Waals surface area contributed by atoms with E-state index in [0.717, 1.165) is 34.4 Å². The Hall–Kier alpha value is -1.80. The maximum absolute atomic E-state index is 10.7. The van der Waals surface area contributed by atoms with E-state index in [2.05, 4.69) is 13.0 Å². The van der Waals surface area contributed by atoms with Gasteiger partial charge in [0.1, 0.15) is 11.9 Å². The van der Waals surface area contributed by atoms with Crippen LogP contribution in [0.1, 0.15) is 41.7 Å². The molecule has 2 aromatic rings. The minimum atomic E-state index is -0.650. The minimum Gasteiger partial charge on any atom is -0.493 e. The lowest BCUT2D eigenvalue weighted by atomic mass is 9.95. The summed E-state index contributed by atoms with van der Waals surface area (Å²) in [5, 5.41) is 10.7. The van der Waals surface area contributed by atoms with Gasteiger partial charge >= 0.3 is 0 Å². The maximum atomic E-state index is 10.7. The number of aliphatic hydroxyl groups excluding tert-OH is 1. The summed E-state index contributed by atoms with van der Waals surface area (Å²) in [4.78, 5) is 0. The van der Waals surface area contributed by atoms with Gasteiger partial charge < -0.3 is 9.84 Å². The Bertz CT molecular complexity index is 575. The lowest BCUT2D eigenvalue weighted by molar-refractivity contribution is 0.210. The van der Waals surface area contributed by atoms with E-state index >= 15 is 0 Å². The van der Waals surface area contributed by atoms with Gasteiger partial charge in [0.05, 0.1) is 6.61 Å². The Morgan fingerprint density at radius 3 is 2.55 bits per heavy atom. The van der Waals surface area contributed by atoms with Crippen LogP contribution >= 0.6 is 0 Å². The highest BCUT2D eigenvalue weighted by atomic mass is 16.5. The molecule has 2 aromatic carbocycles. The third kappa shape index (κ3) is 3.20. The molecule has 0 amide bonds. The van der Waals surface area contributed by atoms with Crippen LogP contribution < -0.4 is 4.74 Å². The van der Waals surface area contributed by atoms with Crippen molar-refractivity contribution in [2.45, 2.75) is 33.3 Å². The standard InChI is InChI=1S/C18H22O2/c1-4-11-20-17-8-6-5-7-15(17)18(19)16-12-13(2)9-10-14(16)3/h5-10,12,18-19H,4,11H2,1-3H3. The summed E-state index contributed by atoms with van der Waals surface area (Å²) < 4.78 is 5.74. The van der Waals surface area contributed by atoms with Crippen molar-refractivity contribution < 1.29 is 9.84 Å². The van der Waals surface area contributed by atoms with E-state index in [0.29, 0.717) is 6.61 Å². The number of ether oxygens (including phenoxy) is 1.